The van der Waals surface area contributed by atoms with Crippen molar-refractivity contribution >= 4 is 23.7 Å². The van der Waals surface area contributed by atoms with Crippen LogP contribution in [0.4, 0.5) is 18.9 Å². The van der Waals surface area contributed by atoms with E-state index in [1.165, 1.54) is 0 Å². The SMILES string of the molecule is CCCOC(=O)C(C=NCc1ccccc1)C(=O)c1c(F)c(C)c(F)c(F)c1[N+](=O)[O-]. The summed E-state index contributed by atoms with van der Waals surface area (Å²) in [5.41, 5.74) is -3.22. The number of aliphatic imine (C=N–C) groups is 1. The van der Waals surface area contributed by atoms with Crippen molar-refractivity contribution in [3.05, 3.63) is 74.6 Å². The number of hydrogen-bond acceptors (Lipinski definition) is 6. The second-order valence-electron chi connectivity index (χ2n) is 6.53. The maximum atomic E-state index is 14.6. The van der Waals surface area contributed by atoms with Crippen LogP contribution in [0.3, 0.4) is 0 Å². The van der Waals surface area contributed by atoms with Crippen LogP contribution in [0.5, 0.6) is 0 Å². The van der Waals surface area contributed by atoms with Gasteiger partial charge < -0.3 is 4.74 Å². The second kappa shape index (κ2) is 10.5. The number of rotatable bonds is 9. The Morgan fingerprint density at radius 1 is 1.16 bits per heavy atom. The quantitative estimate of drug-likeness (QED) is 0.111. The van der Waals surface area contributed by atoms with Gasteiger partial charge in [-0.15, -0.1) is 0 Å². The summed E-state index contributed by atoms with van der Waals surface area (Å²) < 4.78 is 47.6. The van der Waals surface area contributed by atoms with E-state index in [-0.39, 0.29) is 13.2 Å². The predicted octanol–water partition coefficient (Wildman–Crippen LogP) is 4.34. The smallest absolute Gasteiger partial charge is 0.322 e. The van der Waals surface area contributed by atoms with Gasteiger partial charge in [-0.05, 0) is 18.9 Å². The molecule has 10 heteroatoms. The van der Waals surface area contributed by atoms with Crippen LogP contribution >= 0.6 is 0 Å². The fraction of sp³-hybridized carbons (Fsp3) is 0.286. The molecule has 0 aliphatic carbocycles. The summed E-state index contributed by atoms with van der Waals surface area (Å²) in [7, 11) is 0. The number of nitro benzene ring substituents is 1. The number of halogens is 3. The Hall–Kier alpha value is -3.56. The monoisotopic (exact) mass is 436 g/mol. The lowest BCUT2D eigenvalue weighted by molar-refractivity contribution is -0.388. The molecule has 0 amide bonds. The van der Waals surface area contributed by atoms with Crippen LogP contribution in [0.15, 0.2) is 35.3 Å². The largest absolute Gasteiger partial charge is 0.465 e. The van der Waals surface area contributed by atoms with E-state index >= 15 is 0 Å². The number of carbonyl (C=O) groups excluding carboxylic acids is 2. The molecule has 164 valence electrons. The van der Waals surface area contributed by atoms with E-state index in [9.17, 15) is 32.9 Å². The number of carbonyl (C=O) groups is 2. The van der Waals surface area contributed by atoms with Crippen LogP contribution in [-0.2, 0) is 16.1 Å². The topological polar surface area (TPSA) is 98.9 Å². The van der Waals surface area contributed by atoms with Gasteiger partial charge in [0, 0.05) is 11.8 Å². The molecule has 2 rings (SSSR count). The standard InChI is InChI=1S/C21H19F3N2O5/c1-3-9-31-21(28)14(11-25-10-13-7-5-4-6-8-13)20(27)15-16(22)12(2)17(23)18(24)19(15)26(29)30/h4-8,11,14H,3,9-10H2,1-2H3. The van der Waals surface area contributed by atoms with Crippen LogP contribution in [0.25, 0.3) is 0 Å². The third kappa shape index (κ3) is 5.33. The number of nitrogens with zero attached hydrogens (tertiary/aromatic N) is 2. The van der Waals surface area contributed by atoms with Crippen LogP contribution in [0, 0.1) is 40.4 Å². The van der Waals surface area contributed by atoms with E-state index in [1.54, 1.807) is 37.3 Å². The summed E-state index contributed by atoms with van der Waals surface area (Å²) >= 11 is 0. The van der Waals surface area contributed by atoms with Crippen LogP contribution < -0.4 is 0 Å². The molecular weight excluding hydrogens is 417 g/mol. The molecule has 31 heavy (non-hydrogen) atoms. The van der Waals surface area contributed by atoms with Gasteiger partial charge in [-0.3, -0.25) is 24.7 Å². The van der Waals surface area contributed by atoms with E-state index in [1.807, 2.05) is 0 Å². The molecular formula is C21H19F3N2O5. The van der Waals surface area contributed by atoms with Gasteiger partial charge in [-0.25, -0.2) is 8.78 Å². The summed E-state index contributed by atoms with van der Waals surface area (Å²) in [5, 5.41) is 11.3. The minimum absolute atomic E-state index is 0.0487. The average molecular weight is 436 g/mol. The zero-order chi connectivity index (χ0) is 23.1. The molecule has 0 aliphatic rings. The first-order chi connectivity index (χ1) is 14.7. The van der Waals surface area contributed by atoms with Gasteiger partial charge in [0.1, 0.15) is 11.4 Å². The highest BCUT2D eigenvalue weighted by atomic mass is 19.2. The van der Waals surface area contributed by atoms with Gasteiger partial charge in [-0.1, -0.05) is 37.3 Å². The van der Waals surface area contributed by atoms with Crippen LogP contribution in [0.2, 0.25) is 0 Å². The van der Waals surface area contributed by atoms with Crippen molar-refractivity contribution in [1.29, 1.82) is 0 Å². The van der Waals surface area contributed by atoms with Crippen LogP contribution in [0.1, 0.15) is 34.8 Å². The summed E-state index contributed by atoms with van der Waals surface area (Å²) in [6.07, 6.45) is 1.28. The highest BCUT2D eigenvalue weighted by Gasteiger charge is 2.39. The van der Waals surface area contributed by atoms with Crippen LogP contribution in [-0.4, -0.2) is 29.5 Å². The molecule has 0 bridgehead atoms. The molecule has 0 N–H and O–H groups in total. The van der Waals surface area contributed by atoms with Gasteiger partial charge >= 0.3 is 11.7 Å². The highest BCUT2D eigenvalue weighted by Crippen LogP contribution is 2.32. The molecule has 1 unspecified atom stereocenters. The Labute approximate surface area is 175 Å². The van der Waals surface area contributed by atoms with E-state index in [2.05, 4.69) is 4.99 Å². The predicted molar refractivity (Wildman–Crippen MR) is 105 cm³/mol. The highest BCUT2D eigenvalue weighted by molar-refractivity contribution is 6.20. The molecule has 0 spiro atoms. The van der Waals surface area contributed by atoms with E-state index in [0.29, 0.717) is 6.42 Å². The minimum Gasteiger partial charge on any atom is -0.465 e. The number of nitro groups is 1. The zero-order valence-corrected chi connectivity index (χ0v) is 16.7. The van der Waals surface area contributed by atoms with Crippen molar-refractivity contribution in [3.8, 4) is 0 Å². The molecule has 0 radical (unpaired) electrons. The van der Waals surface area contributed by atoms with Gasteiger partial charge in [0.15, 0.2) is 17.5 Å². The van der Waals surface area contributed by atoms with Gasteiger partial charge in [-0.2, -0.15) is 4.39 Å². The fourth-order valence-electron chi connectivity index (χ4n) is 2.69. The zero-order valence-electron chi connectivity index (χ0n) is 16.7. The third-order valence-corrected chi connectivity index (χ3v) is 4.30. The van der Waals surface area contributed by atoms with Gasteiger partial charge in [0.25, 0.3) is 0 Å². The van der Waals surface area contributed by atoms with Crippen molar-refractivity contribution < 1.29 is 32.4 Å². The summed E-state index contributed by atoms with van der Waals surface area (Å²) in [6, 6.07) is 8.71. The normalized spacial score (nSPS) is 12.0. The summed E-state index contributed by atoms with van der Waals surface area (Å²) in [6.45, 7) is 2.49. The number of esters is 1. The van der Waals surface area contributed by atoms with Crippen molar-refractivity contribution in [2.45, 2.75) is 26.8 Å². The molecule has 2 aromatic rings. The molecule has 1 atom stereocenters. The number of benzene rings is 2. The molecule has 2 aromatic carbocycles. The lowest BCUT2D eigenvalue weighted by atomic mass is 9.94. The Bertz CT molecular complexity index is 1030. The Morgan fingerprint density at radius 2 is 1.81 bits per heavy atom. The molecule has 0 aromatic heterocycles. The maximum Gasteiger partial charge on any atom is 0.322 e. The first-order valence-corrected chi connectivity index (χ1v) is 9.26. The molecule has 0 saturated carbocycles. The van der Waals surface area contributed by atoms with E-state index in [4.69, 9.17) is 4.74 Å². The molecule has 0 heterocycles. The number of hydrogen-bond donors (Lipinski definition) is 0. The van der Waals surface area contributed by atoms with Crippen molar-refractivity contribution in [2.24, 2.45) is 10.9 Å². The first kappa shape index (κ1) is 23.7. The lowest BCUT2D eigenvalue weighted by Gasteiger charge is -2.13. The second-order valence-corrected chi connectivity index (χ2v) is 6.53. The summed E-state index contributed by atoms with van der Waals surface area (Å²) in [5.74, 6) is -9.88. The van der Waals surface area contributed by atoms with Crippen molar-refractivity contribution in [1.82, 2.24) is 0 Å². The number of ketones is 1. The number of ether oxygens (including phenoxy) is 1. The number of Topliss-reactive ketones (excluding diaryl/α,β-unsaturated/α-hetero) is 1. The third-order valence-electron chi connectivity index (χ3n) is 4.30. The van der Waals surface area contributed by atoms with Crippen molar-refractivity contribution in [2.75, 3.05) is 6.61 Å². The van der Waals surface area contributed by atoms with Gasteiger partial charge in [0.2, 0.25) is 5.82 Å². The first-order valence-electron chi connectivity index (χ1n) is 9.26. The summed E-state index contributed by atoms with van der Waals surface area (Å²) in [4.78, 5) is 39.1. The van der Waals surface area contributed by atoms with E-state index in [0.717, 1.165) is 18.7 Å². The average Bonchev–Trinajstić information content (AvgIpc) is 2.75. The maximum absolute atomic E-state index is 14.6. The molecule has 0 fully saturated rings. The van der Waals surface area contributed by atoms with Gasteiger partial charge in [0.05, 0.1) is 18.1 Å². The fourth-order valence-corrected chi connectivity index (χ4v) is 2.69. The Balaban J connectivity index is 2.52. The molecule has 7 nitrogen and oxygen atoms in total. The molecule has 0 aliphatic heterocycles. The Kier molecular flexibility index (Phi) is 8.00. The minimum atomic E-state index is -1.99. The lowest BCUT2D eigenvalue weighted by Crippen LogP contribution is -2.30. The van der Waals surface area contributed by atoms with Crippen molar-refractivity contribution in [3.63, 3.8) is 0 Å². The van der Waals surface area contributed by atoms with E-state index < -0.39 is 56.9 Å². The Morgan fingerprint density at radius 3 is 2.39 bits per heavy atom. The molecule has 0 saturated heterocycles.